The van der Waals surface area contributed by atoms with Crippen LogP contribution >= 0.6 is 0 Å². The van der Waals surface area contributed by atoms with Crippen molar-refractivity contribution in [3.05, 3.63) is 65.9 Å². The summed E-state index contributed by atoms with van der Waals surface area (Å²) in [6.45, 7) is -3.44. The fourth-order valence-corrected chi connectivity index (χ4v) is 2.18. The van der Waals surface area contributed by atoms with Gasteiger partial charge in [0.15, 0.2) is 12.4 Å². The maximum atomic E-state index is 12.1. The fraction of sp³-hybridized carbons (Fsp3) is 0.111. The molecule has 25 heavy (non-hydrogen) atoms. The van der Waals surface area contributed by atoms with Crippen molar-refractivity contribution in [2.45, 2.75) is 6.61 Å². The van der Waals surface area contributed by atoms with E-state index in [9.17, 15) is 18.4 Å². The highest BCUT2D eigenvalue weighted by Crippen LogP contribution is 2.19. The number of ketones is 1. The summed E-state index contributed by atoms with van der Waals surface area (Å²) in [5, 5.41) is 0.770. The highest BCUT2D eigenvalue weighted by Gasteiger charge is 2.16. The van der Waals surface area contributed by atoms with Gasteiger partial charge in [0.05, 0.1) is 5.56 Å². The van der Waals surface area contributed by atoms with E-state index in [0.29, 0.717) is 5.58 Å². The number of fused-ring (bicyclic) bond motifs is 1. The fourth-order valence-electron chi connectivity index (χ4n) is 2.18. The number of carbonyl (C=O) groups excluding carboxylic acids is 2. The van der Waals surface area contributed by atoms with Gasteiger partial charge < -0.3 is 13.9 Å². The van der Waals surface area contributed by atoms with Gasteiger partial charge in [-0.1, -0.05) is 18.2 Å². The zero-order chi connectivity index (χ0) is 17.8. The number of Topliss-reactive ketones (excluding diaryl/α,β-unsaturated/α-hetero) is 1. The van der Waals surface area contributed by atoms with Gasteiger partial charge in [-0.3, -0.25) is 4.79 Å². The van der Waals surface area contributed by atoms with Gasteiger partial charge in [-0.05, 0) is 36.4 Å². The minimum absolute atomic E-state index is 0.0788. The Bertz CT molecular complexity index is 866. The number of furan rings is 1. The molecule has 7 heteroatoms. The standard InChI is InChI=1S/C18H12F2O5/c19-18(20)24-13-7-5-11(6-8-13)17(22)23-10-14(21)16-9-12-3-1-2-4-15(12)25-16/h1-9,18H,10H2. The summed E-state index contributed by atoms with van der Waals surface area (Å²) in [6.07, 6.45) is 0. The molecule has 0 bridgehead atoms. The molecule has 128 valence electrons. The minimum Gasteiger partial charge on any atom is -0.454 e. The van der Waals surface area contributed by atoms with Crippen LogP contribution in [0.3, 0.4) is 0 Å². The SMILES string of the molecule is O=C(OCC(=O)c1cc2ccccc2o1)c1ccc(OC(F)F)cc1. The topological polar surface area (TPSA) is 65.7 Å². The van der Waals surface area contributed by atoms with Crippen LogP contribution in [-0.4, -0.2) is 25.0 Å². The molecule has 0 fully saturated rings. The molecule has 0 radical (unpaired) electrons. The molecule has 0 atom stereocenters. The second-order valence-corrected chi connectivity index (χ2v) is 5.05. The van der Waals surface area contributed by atoms with E-state index in [2.05, 4.69) is 4.74 Å². The number of para-hydroxylation sites is 1. The van der Waals surface area contributed by atoms with Gasteiger partial charge in [0.1, 0.15) is 11.3 Å². The molecule has 0 saturated heterocycles. The molecule has 0 saturated carbocycles. The number of alkyl halides is 2. The van der Waals surface area contributed by atoms with Gasteiger partial charge in [-0.25, -0.2) is 4.79 Å². The Labute approximate surface area is 140 Å². The lowest BCUT2D eigenvalue weighted by Gasteiger charge is -2.06. The molecule has 0 aliphatic heterocycles. The van der Waals surface area contributed by atoms with Crippen molar-refractivity contribution >= 4 is 22.7 Å². The van der Waals surface area contributed by atoms with Crippen LogP contribution < -0.4 is 4.74 Å². The van der Waals surface area contributed by atoms with Crippen LogP contribution in [0, 0.1) is 0 Å². The number of ether oxygens (including phenoxy) is 2. The van der Waals surface area contributed by atoms with Crippen molar-refractivity contribution in [3.63, 3.8) is 0 Å². The smallest absolute Gasteiger partial charge is 0.387 e. The maximum absolute atomic E-state index is 12.1. The molecular weight excluding hydrogens is 334 g/mol. The Morgan fingerprint density at radius 1 is 1.04 bits per heavy atom. The number of hydrogen-bond donors (Lipinski definition) is 0. The first kappa shape index (κ1) is 16.6. The molecule has 3 rings (SSSR count). The summed E-state index contributed by atoms with van der Waals surface area (Å²) in [4.78, 5) is 23.9. The van der Waals surface area contributed by atoms with Gasteiger partial charge in [-0.15, -0.1) is 0 Å². The molecule has 0 aliphatic rings. The zero-order valence-corrected chi connectivity index (χ0v) is 12.8. The number of rotatable bonds is 6. The van der Waals surface area contributed by atoms with Crippen molar-refractivity contribution < 1.29 is 32.3 Å². The highest BCUT2D eigenvalue weighted by atomic mass is 19.3. The first-order valence-electron chi connectivity index (χ1n) is 7.27. The van der Waals surface area contributed by atoms with Crippen molar-refractivity contribution in [1.82, 2.24) is 0 Å². The van der Waals surface area contributed by atoms with E-state index in [-0.39, 0.29) is 17.1 Å². The average molecular weight is 346 g/mol. The third-order valence-corrected chi connectivity index (χ3v) is 3.35. The highest BCUT2D eigenvalue weighted by molar-refractivity contribution is 6.00. The largest absolute Gasteiger partial charge is 0.454 e. The number of benzene rings is 2. The van der Waals surface area contributed by atoms with E-state index >= 15 is 0 Å². The summed E-state index contributed by atoms with van der Waals surface area (Å²) < 4.78 is 38.6. The number of hydrogen-bond acceptors (Lipinski definition) is 5. The molecule has 0 spiro atoms. The summed E-state index contributed by atoms with van der Waals surface area (Å²) in [5.74, 6) is -1.23. The van der Waals surface area contributed by atoms with Gasteiger partial charge in [-0.2, -0.15) is 8.78 Å². The van der Waals surface area contributed by atoms with Gasteiger partial charge in [0, 0.05) is 5.39 Å². The number of halogens is 2. The van der Waals surface area contributed by atoms with Crippen molar-refractivity contribution in [1.29, 1.82) is 0 Å². The van der Waals surface area contributed by atoms with Crippen LogP contribution in [0.15, 0.2) is 59.0 Å². The number of esters is 1. The molecule has 3 aromatic rings. The number of carbonyl (C=O) groups is 2. The first-order chi connectivity index (χ1) is 12.0. The van der Waals surface area contributed by atoms with Crippen LogP contribution in [0.4, 0.5) is 8.78 Å². The van der Waals surface area contributed by atoms with Crippen molar-refractivity contribution in [2.24, 2.45) is 0 Å². The minimum atomic E-state index is -2.95. The van der Waals surface area contributed by atoms with E-state index in [0.717, 1.165) is 5.39 Å². The lowest BCUT2D eigenvalue weighted by Crippen LogP contribution is -2.13. The van der Waals surface area contributed by atoms with Crippen LogP contribution in [0.1, 0.15) is 20.9 Å². The zero-order valence-electron chi connectivity index (χ0n) is 12.8. The molecule has 0 amide bonds. The molecule has 5 nitrogen and oxygen atoms in total. The van der Waals surface area contributed by atoms with E-state index in [1.165, 1.54) is 24.3 Å². The summed E-state index contributed by atoms with van der Waals surface area (Å²) in [5.41, 5.74) is 0.672. The Hall–Kier alpha value is -3.22. The second-order valence-electron chi connectivity index (χ2n) is 5.05. The molecule has 1 heterocycles. The molecule has 0 N–H and O–H groups in total. The monoisotopic (exact) mass is 346 g/mol. The van der Waals surface area contributed by atoms with Crippen LogP contribution in [0.25, 0.3) is 11.0 Å². The average Bonchev–Trinajstić information content (AvgIpc) is 3.03. The molecular formula is C18H12F2O5. The Balaban J connectivity index is 1.60. The Morgan fingerprint density at radius 3 is 2.44 bits per heavy atom. The van der Waals surface area contributed by atoms with Crippen LogP contribution in [0.5, 0.6) is 5.75 Å². The molecule has 1 aromatic heterocycles. The Kier molecular flexibility index (Phi) is 4.74. The summed E-state index contributed by atoms with van der Waals surface area (Å²) in [6, 6.07) is 13.6. The van der Waals surface area contributed by atoms with E-state index < -0.39 is 25.0 Å². The predicted molar refractivity (Wildman–Crippen MR) is 83.9 cm³/mol. The van der Waals surface area contributed by atoms with E-state index in [1.807, 2.05) is 6.07 Å². The Morgan fingerprint density at radius 2 is 1.76 bits per heavy atom. The molecule has 2 aromatic carbocycles. The lowest BCUT2D eigenvalue weighted by molar-refractivity contribution is -0.0498. The summed E-state index contributed by atoms with van der Waals surface area (Å²) >= 11 is 0. The van der Waals surface area contributed by atoms with E-state index in [1.54, 1.807) is 24.3 Å². The van der Waals surface area contributed by atoms with Crippen molar-refractivity contribution in [3.8, 4) is 5.75 Å². The van der Waals surface area contributed by atoms with Gasteiger partial charge >= 0.3 is 12.6 Å². The third kappa shape index (κ3) is 4.00. The van der Waals surface area contributed by atoms with Crippen LogP contribution in [-0.2, 0) is 4.74 Å². The van der Waals surface area contributed by atoms with Crippen molar-refractivity contribution in [2.75, 3.05) is 6.61 Å². The summed E-state index contributed by atoms with van der Waals surface area (Å²) in [7, 11) is 0. The van der Waals surface area contributed by atoms with Crippen LogP contribution in [0.2, 0.25) is 0 Å². The maximum Gasteiger partial charge on any atom is 0.387 e. The third-order valence-electron chi connectivity index (χ3n) is 3.35. The van der Waals surface area contributed by atoms with E-state index in [4.69, 9.17) is 9.15 Å². The van der Waals surface area contributed by atoms with Gasteiger partial charge in [0.2, 0.25) is 5.78 Å². The lowest BCUT2D eigenvalue weighted by atomic mass is 10.2. The first-order valence-corrected chi connectivity index (χ1v) is 7.27. The quantitative estimate of drug-likeness (QED) is 0.497. The predicted octanol–water partition coefficient (Wildman–Crippen LogP) is 4.07. The molecule has 0 aliphatic carbocycles. The van der Waals surface area contributed by atoms with Gasteiger partial charge in [0.25, 0.3) is 0 Å². The molecule has 0 unspecified atom stereocenters. The normalized spacial score (nSPS) is 10.8. The second kappa shape index (κ2) is 7.12.